The third-order valence-corrected chi connectivity index (χ3v) is 5.75. The van der Waals surface area contributed by atoms with Gasteiger partial charge in [0.05, 0.1) is 11.0 Å². The molecule has 1 fully saturated rings. The first kappa shape index (κ1) is 19.5. The Bertz CT molecular complexity index is 866. The molecule has 1 unspecified atom stereocenters. The van der Waals surface area contributed by atoms with E-state index in [1.54, 1.807) is 18.3 Å². The van der Waals surface area contributed by atoms with Gasteiger partial charge in [0.1, 0.15) is 0 Å². The highest BCUT2D eigenvalue weighted by atomic mass is 32.2. The van der Waals surface area contributed by atoms with Gasteiger partial charge in [0, 0.05) is 43.6 Å². The predicted octanol–water partition coefficient (Wildman–Crippen LogP) is 1.51. The highest BCUT2D eigenvalue weighted by Crippen LogP contribution is 2.14. The molecule has 27 heavy (non-hydrogen) atoms. The summed E-state index contributed by atoms with van der Waals surface area (Å²) in [7, 11) is -3.69. The van der Waals surface area contributed by atoms with E-state index in [0.29, 0.717) is 25.1 Å². The molecule has 144 valence electrons. The maximum absolute atomic E-state index is 12.5. The lowest BCUT2D eigenvalue weighted by atomic mass is 10.2. The number of ether oxygens (including phenoxy) is 1. The van der Waals surface area contributed by atoms with Crippen molar-refractivity contribution in [3.8, 4) is 0 Å². The van der Waals surface area contributed by atoms with Crippen LogP contribution in [0, 0.1) is 0 Å². The minimum absolute atomic E-state index is 0.0675. The van der Waals surface area contributed by atoms with Crippen LogP contribution >= 0.6 is 0 Å². The molecule has 0 aliphatic carbocycles. The van der Waals surface area contributed by atoms with Crippen molar-refractivity contribution in [3.63, 3.8) is 0 Å². The molecular weight excluding hydrogens is 366 g/mol. The van der Waals surface area contributed by atoms with Crippen LogP contribution in [0.2, 0.25) is 0 Å². The van der Waals surface area contributed by atoms with Crippen LogP contribution in [0.3, 0.4) is 0 Å². The molecule has 1 aromatic heterocycles. The molecule has 1 aliphatic heterocycles. The van der Waals surface area contributed by atoms with Gasteiger partial charge in [-0.1, -0.05) is 12.1 Å². The van der Waals surface area contributed by atoms with Crippen molar-refractivity contribution in [3.05, 3.63) is 59.9 Å². The summed E-state index contributed by atoms with van der Waals surface area (Å²) in [6.45, 7) is 1.33. The number of amides is 1. The molecule has 0 spiro atoms. The Morgan fingerprint density at radius 2 is 2.11 bits per heavy atom. The number of sulfonamides is 1. The zero-order valence-corrected chi connectivity index (χ0v) is 15.7. The Morgan fingerprint density at radius 1 is 1.22 bits per heavy atom. The van der Waals surface area contributed by atoms with Crippen LogP contribution in [0.25, 0.3) is 0 Å². The standard InChI is InChI=1S/C19H23N3O4S/c23-19(21-11-9-16-6-1-2-10-20-16)15-5-3-8-18(13-15)27(24,25)22-14-17-7-4-12-26-17/h1-3,5-6,8,10,13,17,22H,4,7,9,11-12,14H2,(H,21,23). The average molecular weight is 389 g/mol. The monoisotopic (exact) mass is 389 g/mol. The quantitative estimate of drug-likeness (QED) is 0.713. The maximum Gasteiger partial charge on any atom is 0.251 e. The van der Waals surface area contributed by atoms with Gasteiger partial charge < -0.3 is 10.1 Å². The fraction of sp³-hybridized carbons (Fsp3) is 0.368. The van der Waals surface area contributed by atoms with Crippen LogP contribution in [0.4, 0.5) is 0 Å². The number of pyridine rings is 1. The molecule has 1 saturated heterocycles. The van der Waals surface area contributed by atoms with E-state index in [1.165, 1.54) is 12.1 Å². The Hall–Kier alpha value is -2.29. The van der Waals surface area contributed by atoms with Crippen molar-refractivity contribution < 1.29 is 17.9 Å². The molecule has 2 N–H and O–H groups in total. The summed E-state index contributed by atoms with van der Waals surface area (Å²) in [5, 5.41) is 2.79. The predicted molar refractivity (Wildman–Crippen MR) is 101 cm³/mol. The lowest BCUT2D eigenvalue weighted by Crippen LogP contribution is -2.32. The van der Waals surface area contributed by atoms with Gasteiger partial charge in [-0.25, -0.2) is 13.1 Å². The maximum atomic E-state index is 12.5. The molecule has 1 aromatic carbocycles. The van der Waals surface area contributed by atoms with Crippen LogP contribution < -0.4 is 10.0 Å². The number of benzene rings is 1. The van der Waals surface area contributed by atoms with E-state index in [0.717, 1.165) is 18.5 Å². The van der Waals surface area contributed by atoms with E-state index in [9.17, 15) is 13.2 Å². The third-order valence-electron chi connectivity index (χ3n) is 4.32. The van der Waals surface area contributed by atoms with Crippen LogP contribution in [0.1, 0.15) is 28.9 Å². The van der Waals surface area contributed by atoms with E-state index in [1.807, 2.05) is 18.2 Å². The normalized spacial score (nSPS) is 17.0. The molecule has 0 bridgehead atoms. The van der Waals surface area contributed by atoms with E-state index in [4.69, 9.17) is 4.74 Å². The number of hydrogen-bond donors (Lipinski definition) is 2. The smallest absolute Gasteiger partial charge is 0.251 e. The van der Waals surface area contributed by atoms with Crippen LogP contribution in [-0.2, 0) is 21.2 Å². The molecule has 1 aliphatic rings. The highest BCUT2D eigenvalue weighted by molar-refractivity contribution is 7.89. The van der Waals surface area contributed by atoms with E-state index < -0.39 is 10.0 Å². The molecule has 1 atom stereocenters. The number of hydrogen-bond acceptors (Lipinski definition) is 5. The summed E-state index contributed by atoms with van der Waals surface area (Å²) >= 11 is 0. The first-order valence-corrected chi connectivity index (χ1v) is 10.4. The van der Waals surface area contributed by atoms with Crippen molar-refractivity contribution in [1.29, 1.82) is 0 Å². The summed E-state index contributed by atoms with van der Waals surface area (Å²) in [5.41, 5.74) is 1.18. The number of rotatable bonds is 8. The van der Waals surface area contributed by atoms with Gasteiger partial charge in [0.15, 0.2) is 0 Å². The highest BCUT2D eigenvalue weighted by Gasteiger charge is 2.21. The van der Waals surface area contributed by atoms with E-state index >= 15 is 0 Å². The SMILES string of the molecule is O=C(NCCc1ccccn1)c1cccc(S(=O)(=O)NCC2CCCO2)c1. The molecule has 7 nitrogen and oxygen atoms in total. The molecule has 3 rings (SSSR count). The summed E-state index contributed by atoms with van der Waals surface area (Å²) in [5.74, 6) is -0.317. The van der Waals surface area contributed by atoms with Crippen LogP contribution in [0.5, 0.6) is 0 Å². The fourth-order valence-electron chi connectivity index (χ4n) is 2.85. The van der Waals surface area contributed by atoms with Gasteiger partial charge in [0.25, 0.3) is 5.91 Å². The molecular formula is C19H23N3O4S. The minimum Gasteiger partial charge on any atom is -0.377 e. The number of aromatic nitrogens is 1. The summed E-state index contributed by atoms with van der Waals surface area (Å²) in [6, 6.07) is 11.6. The first-order chi connectivity index (χ1) is 13.0. The zero-order valence-electron chi connectivity index (χ0n) is 14.9. The average Bonchev–Trinajstić information content (AvgIpc) is 3.21. The number of nitrogens with one attached hydrogen (secondary N) is 2. The van der Waals surface area contributed by atoms with Crippen molar-refractivity contribution in [2.24, 2.45) is 0 Å². The lowest BCUT2D eigenvalue weighted by molar-refractivity contribution is 0.0953. The second-order valence-electron chi connectivity index (χ2n) is 6.34. The van der Waals surface area contributed by atoms with Gasteiger partial charge in [-0.2, -0.15) is 0 Å². The van der Waals surface area contributed by atoms with Crippen molar-refractivity contribution in [2.75, 3.05) is 19.7 Å². The number of nitrogens with zero attached hydrogens (tertiary/aromatic N) is 1. The summed E-state index contributed by atoms with van der Waals surface area (Å²) in [6.07, 6.45) is 4.02. The van der Waals surface area contributed by atoms with Gasteiger partial charge in [0.2, 0.25) is 10.0 Å². The zero-order chi connectivity index (χ0) is 19.1. The van der Waals surface area contributed by atoms with Gasteiger partial charge in [-0.15, -0.1) is 0 Å². The Kier molecular flexibility index (Phi) is 6.54. The van der Waals surface area contributed by atoms with E-state index in [-0.39, 0.29) is 23.5 Å². The van der Waals surface area contributed by atoms with Gasteiger partial charge in [-0.05, 0) is 43.2 Å². The second-order valence-corrected chi connectivity index (χ2v) is 8.11. The largest absolute Gasteiger partial charge is 0.377 e. The number of carbonyl (C=O) groups excluding carboxylic acids is 1. The van der Waals surface area contributed by atoms with Crippen molar-refractivity contribution in [2.45, 2.75) is 30.3 Å². The fourth-order valence-corrected chi connectivity index (χ4v) is 3.96. The third kappa shape index (κ3) is 5.59. The Labute approximate surface area is 159 Å². The number of carbonyl (C=O) groups is 1. The molecule has 1 amide bonds. The molecule has 0 saturated carbocycles. The minimum atomic E-state index is -3.69. The first-order valence-electron chi connectivity index (χ1n) is 8.94. The summed E-state index contributed by atoms with van der Waals surface area (Å²) in [4.78, 5) is 16.6. The van der Waals surface area contributed by atoms with Gasteiger partial charge in [-0.3, -0.25) is 9.78 Å². The van der Waals surface area contributed by atoms with Crippen LogP contribution in [-0.4, -0.2) is 45.1 Å². The molecule has 2 heterocycles. The van der Waals surface area contributed by atoms with Crippen LogP contribution in [0.15, 0.2) is 53.6 Å². The molecule has 2 aromatic rings. The second kappa shape index (κ2) is 9.07. The Morgan fingerprint density at radius 3 is 2.85 bits per heavy atom. The lowest BCUT2D eigenvalue weighted by Gasteiger charge is -2.12. The van der Waals surface area contributed by atoms with E-state index in [2.05, 4.69) is 15.0 Å². The topological polar surface area (TPSA) is 97.4 Å². The molecule has 8 heteroatoms. The molecule has 0 radical (unpaired) electrons. The van der Waals surface area contributed by atoms with Gasteiger partial charge >= 0.3 is 0 Å². The van der Waals surface area contributed by atoms with Crippen molar-refractivity contribution >= 4 is 15.9 Å². The Balaban J connectivity index is 1.57. The van der Waals surface area contributed by atoms with Crippen molar-refractivity contribution in [1.82, 2.24) is 15.0 Å². The summed E-state index contributed by atoms with van der Waals surface area (Å²) < 4.78 is 32.9.